The summed E-state index contributed by atoms with van der Waals surface area (Å²) in [7, 11) is 0. The molecule has 8 saturated carbocycles. The Labute approximate surface area is 782 Å². The van der Waals surface area contributed by atoms with Crippen molar-refractivity contribution in [2.45, 2.75) is 542 Å². The summed E-state index contributed by atoms with van der Waals surface area (Å²) in [4.78, 5) is 187. The minimum Gasteiger partial charge on any atom is -0.300 e. The summed E-state index contributed by atoms with van der Waals surface area (Å²) in [6.45, 7) is 30.5. The molecular weight excluding hydrogens is 1690 g/mol. The maximum Gasteiger partial charge on any atom is 0.177 e. The molecule has 24 heteroatoms. The Morgan fingerprint density at radius 3 is 0.840 bits per heavy atom. The first kappa shape index (κ1) is 123. The number of rotatable bonds is 42. The second kappa shape index (κ2) is 60.7. The highest BCUT2D eigenvalue weighted by Crippen LogP contribution is 2.43. The van der Waals surface area contributed by atoms with E-state index in [9.17, 15) is 112 Å². The lowest BCUT2D eigenvalue weighted by Crippen LogP contribution is -2.40. The van der Waals surface area contributed by atoms with Gasteiger partial charge in [0.25, 0.3) is 0 Å². The summed E-state index contributed by atoms with van der Waals surface area (Å²) < 4.78 is 113. The van der Waals surface area contributed by atoms with Gasteiger partial charge in [-0.05, 0) is 257 Å². The van der Waals surface area contributed by atoms with Crippen LogP contribution in [0.3, 0.4) is 0 Å². The minimum absolute atomic E-state index is 0.0118. The molecule has 8 aliphatic carbocycles. The van der Waals surface area contributed by atoms with Crippen LogP contribution in [0.2, 0.25) is 0 Å². The zero-order chi connectivity index (χ0) is 99.8. The second-order valence-corrected chi connectivity index (χ2v) is 40.8. The number of halogens is 8. The Morgan fingerprint density at radius 2 is 0.557 bits per heavy atom. The van der Waals surface area contributed by atoms with Crippen molar-refractivity contribution in [3.63, 3.8) is 0 Å². The number of hydrogen-bond donors (Lipinski definition) is 0. The van der Waals surface area contributed by atoms with Gasteiger partial charge in [-0.15, -0.1) is 0 Å². The number of hydrogen-bond acceptors (Lipinski definition) is 16. The van der Waals surface area contributed by atoms with Crippen LogP contribution in [0.4, 0.5) is 35.1 Å². The number of carbonyl (C=O) groups excluding carboxylic acids is 16. The standard InChI is InChI=1S/C16H25FO2.C15H23FO2.C15H25FO2.C14H23FO2.C13H21FO2.C13H23FO2.C12H19FO2.C9H15FO2/c1-15(8-4-2-5-9-15)13(18)12-14(19)16(17)10-6-3-7-11-16;16-15(9-5-2-6-10-15)14(18)11-13(17)12-7-3-1-4-8-12;1-4-14(3,5-2)12(17)11-13(18)15(16)9-7-6-8-10-15;1-3-11(4-2)12(16)10-13(17)14(15)8-6-5-7-9-14;1-10(2)8-11(15)9-12(16)13(14)6-4-3-5-7-13;1-5-10(6-2)11(15)9-12(16)13(14,7-3)8-4;1-9(2)10(14)8-11(15)12(13)6-4-3-5-7-12;1-4-9(10,5-2)8(12)6-7(3)11/h2-12H2,1H3;12H,1-11H2;4-11H2,1-3H3;11H,3-10H2,1-2H3;10H,3-9H2,1-2H3;10H,5-9H2,1-4H3;9H,3-8H2,1-2H3;4-6H2,1-3H3. The van der Waals surface area contributed by atoms with E-state index < -0.39 is 97.0 Å². The van der Waals surface area contributed by atoms with Crippen molar-refractivity contribution < 1.29 is 112 Å². The summed E-state index contributed by atoms with van der Waals surface area (Å²) in [5.41, 5.74) is -14.7. The summed E-state index contributed by atoms with van der Waals surface area (Å²) in [5, 5.41) is 0. The molecule has 0 aromatic rings. The lowest BCUT2D eigenvalue weighted by Gasteiger charge is -2.33. The molecule has 0 aromatic carbocycles. The van der Waals surface area contributed by atoms with Gasteiger partial charge in [0, 0.05) is 40.9 Å². The summed E-state index contributed by atoms with van der Waals surface area (Å²) in [6.07, 6.45) is 32.6. The molecule has 0 spiro atoms. The van der Waals surface area contributed by atoms with Gasteiger partial charge in [-0.3, -0.25) is 76.7 Å². The fraction of sp³-hybridized carbons (Fsp3) is 0.850. The highest BCUT2D eigenvalue weighted by molar-refractivity contribution is 6.08. The molecule has 0 aromatic heterocycles. The lowest BCUT2D eigenvalue weighted by molar-refractivity contribution is -0.141. The van der Waals surface area contributed by atoms with Gasteiger partial charge in [0.2, 0.25) is 0 Å². The maximum absolute atomic E-state index is 14.5. The minimum atomic E-state index is -1.80. The van der Waals surface area contributed by atoms with Gasteiger partial charge in [-0.25, -0.2) is 35.1 Å². The molecule has 0 radical (unpaired) electrons. The molecular formula is C107H174F8O16. The third-order valence-corrected chi connectivity index (χ3v) is 30.0. The van der Waals surface area contributed by atoms with E-state index in [4.69, 9.17) is 0 Å². The molecule has 0 amide bonds. The van der Waals surface area contributed by atoms with Gasteiger partial charge in [0.15, 0.2) is 91.6 Å². The van der Waals surface area contributed by atoms with Crippen molar-refractivity contribution in [1.29, 1.82) is 0 Å². The normalized spacial score (nSPS) is 19.5. The zero-order valence-corrected chi connectivity index (χ0v) is 84.2. The third kappa shape index (κ3) is 42.0. The number of alkyl halides is 8. The van der Waals surface area contributed by atoms with Gasteiger partial charge in [-0.1, -0.05) is 188 Å². The number of ketones is 16. The van der Waals surface area contributed by atoms with Crippen LogP contribution in [0.1, 0.15) is 497 Å². The predicted octanol–water partition coefficient (Wildman–Crippen LogP) is 27.2. The SMILES string of the molecule is CC(C)C(=O)CC(=O)C1(F)CCCCC1.CC(C)CC(=O)CC(=O)C1(F)CCCCC1.CC1(C(=O)CC(=O)C2(F)CCCCC2)CCCCC1.CCC(C)(CC)C(=O)CC(=O)C1(F)CCCCC1.CCC(CC)C(=O)CC(=O)C(F)(CC)CC.CCC(CC)C(=O)CC(=O)C1(F)CCCCC1.CCC(F)(CC)C(=O)CC(C)=O.O=C(CC(=O)C1(F)CCCCC1)C1CCCCC1. The van der Waals surface area contributed by atoms with E-state index in [1.165, 1.54) is 19.8 Å². The van der Waals surface area contributed by atoms with Crippen LogP contribution in [0.15, 0.2) is 0 Å². The number of Topliss-reactive ketones (excluding diaryl/α,β-unsaturated/α-hetero) is 16. The molecule has 754 valence electrons. The van der Waals surface area contributed by atoms with Crippen molar-refractivity contribution in [3.8, 4) is 0 Å². The van der Waals surface area contributed by atoms with Gasteiger partial charge in [-0.2, -0.15) is 0 Å². The first-order valence-corrected chi connectivity index (χ1v) is 51.3. The molecule has 8 aliphatic rings. The smallest absolute Gasteiger partial charge is 0.177 e. The third-order valence-electron chi connectivity index (χ3n) is 30.0. The van der Waals surface area contributed by atoms with Gasteiger partial charge < -0.3 is 0 Å². The van der Waals surface area contributed by atoms with Crippen molar-refractivity contribution in [2.24, 2.45) is 40.4 Å². The molecule has 0 saturated heterocycles. The van der Waals surface area contributed by atoms with Gasteiger partial charge >= 0.3 is 0 Å². The van der Waals surface area contributed by atoms with E-state index in [0.717, 1.165) is 193 Å². The molecule has 16 nitrogen and oxygen atoms in total. The largest absolute Gasteiger partial charge is 0.300 e. The molecule has 0 atom stereocenters. The van der Waals surface area contributed by atoms with Gasteiger partial charge in [0.1, 0.15) is 46.3 Å². The van der Waals surface area contributed by atoms with Crippen LogP contribution >= 0.6 is 0 Å². The molecule has 8 rings (SSSR count). The first-order chi connectivity index (χ1) is 61.3. The van der Waals surface area contributed by atoms with Crippen LogP contribution in [0.5, 0.6) is 0 Å². The van der Waals surface area contributed by atoms with E-state index >= 15 is 0 Å². The maximum atomic E-state index is 14.5. The number of carbonyl (C=O) groups is 16. The van der Waals surface area contributed by atoms with Crippen LogP contribution in [-0.2, 0) is 76.7 Å². The molecule has 0 aliphatic heterocycles. The van der Waals surface area contributed by atoms with E-state index in [-0.39, 0.29) is 158 Å². The zero-order valence-electron chi connectivity index (χ0n) is 84.2. The molecule has 0 unspecified atom stereocenters. The van der Waals surface area contributed by atoms with Crippen LogP contribution in [0, 0.1) is 40.4 Å². The Morgan fingerprint density at radius 1 is 0.298 bits per heavy atom. The van der Waals surface area contributed by atoms with E-state index in [1.54, 1.807) is 41.5 Å². The Hall–Kier alpha value is -5.84. The Kier molecular flexibility index (Phi) is 57.1. The average molecular weight is 1870 g/mol. The highest BCUT2D eigenvalue weighted by atomic mass is 19.2. The van der Waals surface area contributed by atoms with Crippen molar-refractivity contribution in [3.05, 3.63) is 0 Å². The van der Waals surface area contributed by atoms with E-state index in [1.807, 2.05) is 69.2 Å². The van der Waals surface area contributed by atoms with Crippen LogP contribution < -0.4 is 0 Å². The van der Waals surface area contributed by atoms with Crippen molar-refractivity contribution in [1.82, 2.24) is 0 Å². The topological polar surface area (TPSA) is 273 Å². The van der Waals surface area contributed by atoms with Crippen LogP contribution in [-0.4, -0.2) is 138 Å². The van der Waals surface area contributed by atoms with E-state index in [2.05, 4.69) is 0 Å². The van der Waals surface area contributed by atoms with Crippen molar-refractivity contribution >= 4 is 92.5 Å². The quantitative estimate of drug-likeness (QED) is 0.0406. The van der Waals surface area contributed by atoms with E-state index in [0.29, 0.717) is 96.3 Å². The summed E-state index contributed by atoms with van der Waals surface area (Å²) in [6, 6.07) is 0. The first-order valence-electron chi connectivity index (χ1n) is 51.3. The Bertz CT molecular complexity index is 3530. The lowest BCUT2D eigenvalue weighted by atomic mass is 9.70. The Balaban J connectivity index is 0.000000751. The van der Waals surface area contributed by atoms with Crippen molar-refractivity contribution in [2.75, 3.05) is 0 Å². The second-order valence-electron chi connectivity index (χ2n) is 40.8. The molecule has 8 fully saturated rings. The highest BCUT2D eigenvalue weighted by Gasteiger charge is 2.48. The van der Waals surface area contributed by atoms with Gasteiger partial charge in [0.05, 0.1) is 51.4 Å². The molecule has 0 bridgehead atoms. The average Bonchev–Trinajstić information content (AvgIpc) is 0.804. The molecule has 131 heavy (non-hydrogen) atoms. The van der Waals surface area contributed by atoms with Crippen LogP contribution in [0.25, 0.3) is 0 Å². The fourth-order valence-corrected chi connectivity index (χ4v) is 19.0. The predicted molar refractivity (Wildman–Crippen MR) is 502 cm³/mol. The molecule has 0 N–H and O–H groups in total. The monoisotopic (exact) mass is 1870 g/mol. The summed E-state index contributed by atoms with van der Waals surface area (Å²) >= 11 is 0. The fourth-order valence-electron chi connectivity index (χ4n) is 19.0. The molecule has 0 heterocycles. The summed E-state index contributed by atoms with van der Waals surface area (Å²) in [5.74, 6) is -4.95.